The monoisotopic (exact) mass is 193 g/mol. The third-order valence-electron chi connectivity index (χ3n) is 2.56. The van der Waals surface area contributed by atoms with Gasteiger partial charge in [0.2, 0.25) is 0 Å². The van der Waals surface area contributed by atoms with Crippen LogP contribution in [0.3, 0.4) is 0 Å². The molecule has 0 saturated heterocycles. The molecule has 0 aliphatic rings. The molecule has 0 bridgehead atoms. The normalized spacial score (nSPS) is 12.9. The molecular formula is C11H19N3. The van der Waals surface area contributed by atoms with Gasteiger partial charge in [0.25, 0.3) is 0 Å². The fourth-order valence-corrected chi connectivity index (χ4v) is 1.63. The number of hydrogen-bond acceptors (Lipinski definition) is 3. The van der Waals surface area contributed by atoms with E-state index in [-0.39, 0.29) is 6.04 Å². The Hall–Kier alpha value is -0.960. The summed E-state index contributed by atoms with van der Waals surface area (Å²) in [6.07, 6.45) is 1.86. The minimum Gasteiger partial charge on any atom is -0.321 e. The third kappa shape index (κ3) is 2.10. The number of nitrogens with two attached hydrogens (primary N) is 1. The molecule has 0 aliphatic heterocycles. The zero-order valence-corrected chi connectivity index (χ0v) is 9.46. The molecule has 78 valence electrons. The van der Waals surface area contributed by atoms with Gasteiger partial charge in [-0.25, -0.2) is 9.97 Å². The number of rotatable bonds is 3. The van der Waals surface area contributed by atoms with Crippen molar-refractivity contribution in [3.63, 3.8) is 0 Å². The molecule has 3 heteroatoms. The Bertz CT molecular complexity index is 297. The molecule has 0 fully saturated rings. The Morgan fingerprint density at radius 1 is 1.14 bits per heavy atom. The molecule has 1 rings (SSSR count). The molecule has 0 amide bonds. The average molecular weight is 193 g/mol. The Balaban J connectivity index is 3.13. The zero-order chi connectivity index (χ0) is 10.7. The fourth-order valence-electron chi connectivity index (χ4n) is 1.63. The van der Waals surface area contributed by atoms with Crippen molar-refractivity contribution in [1.82, 2.24) is 9.97 Å². The van der Waals surface area contributed by atoms with Crippen molar-refractivity contribution < 1.29 is 0 Å². The summed E-state index contributed by atoms with van der Waals surface area (Å²) in [5, 5.41) is 0. The Labute approximate surface area is 85.8 Å². The van der Waals surface area contributed by atoms with E-state index in [0.717, 1.165) is 30.1 Å². The van der Waals surface area contributed by atoms with Crippen molar-refractivity contribution in [2.24, 2.45) is 5.73 Å². The maximum Gasteiger partial charge on any atom is 0.145 e. The first-order chi connectivity index (χ1) is 6.60. The lowest BCUT2D eigenvalue weighted by Gasteiger charge is -2.12. The van der Waals surface area contributed by atoms with E-state index in [1.165, 1.54) is 5.56 Å². The Morgan fingerprint density at radius 2 is 1.64 bits per heavy atom. The van der Waals surface area contributed by atoms with E-state index in [9.17, 15) is 0 Å². The van der Waals surface area contributed by atoms with E-state index < -0.39 is 0 Å². The number of hydrogen-bond donors (Lipinski definition) is 1. The van der Waals surface area contributed by atoms with Gasteiger partial charge in [-0.1, -0.05) is 13.8 Å². The minimum absolute atomic E-state index is 0.0293. The lowest BCUT2D eigenvalue weighted by Crippen LogP contribution is -2.15. The van der Waals surface area contributed by atoms with Crippen LogP contribution in [0, 0.1) is 13.8 Å². The molecule has 0 saturated carbocycles. The van der Waals surface area contributed by atoms with Gasteiger partial charge in [0.05, 0.1) is 6.04 Å². The lowest BCUT2D eigenvalue weighted by atomic mass is 10.1. The van der Waals surface area contributed by atoms with Crippen molar-refractivity contribution in [2.75, 3.05) is 0 Å². The maximum atomic E-state index is 5.90. The van der Waals surface area contributed by atoms with Gasteiger partial charge in [-0.05, 0) is 32.3 Å². The second kappa shape index (κ2) is 4.51. The predicted octanol–water partition coefficient (Wildman–Crippen LogP) is 2.07. The number of nitrogens with zero attached hydrogens (tertiary/aromatic N) is 2. The Kier molecular flexibility index (Phi) is 3.58. The molecule has 2 N–H and O–H groups in total. The molecule has 1 aromatic rings. The standard InChI is InChI=1S/C11H19N3/c1-5-9-7(3)13-11(10(12)6-2)14-8(9)4/h10H,5-6,12H2,1-4H3. The van der Waals surface area contributed by atoms with Gasteiger partial charge in [-0.2, -0.15) is 0 Å². The van der Waals surface area contributed by atoms with Gasteiger partial charge >= 0.3 is 0 Å². The van der Waals surface area contributed by atoms with Gasteiger partial charge in [-0.3, -0.25) is 0 Å². The van der Waals surface area contributed by atoms with Crippen LogP contribution in [0.5, 0.6) is 0 Å². The summed E-state index contributed by atoms with van der Waals surface area (Å²) in [5.41, 5.74) is 9.28. The smallest absolute Gasteiger partial charge is 0.145 e. The van der Waals surface area contributed by atoms with Crippen LogP contribution < -0.4 is 5.73 Å². The van der Waals surface area contributed by atoms with Crippen LogP contribution >= 0.6 is 0 Å². The van der Waals surface area contributed by atoms with Crippen molar-refractivity contribution in [3.05, 3.63) is 22.8 Å². The Morgan fingerprint density at radius 3 is 2.00 bits per heavy atom. The molecule has 1 heterocycles. The number of aryl methyl sites for hydroxylation is 2. The predicted molar refractivity (Wildman–Crippen MR) is 58.1 cm³/mol. The maximum absolute atomic E-state index is 5.90. The summed E-state index contributed by atoms with van der Waals surface area (Å²) in [6.45, 7) is 8.23. The second-order valence-electron chi connectivity index (χ2n) is 3.60. The van der Waals surface area contributed by atoms with Crippen molar-refractivity contribution in [3.8, 4) is 0 Å². The molecule has 1 unspecified atom stereocenters. The van der Waals surface area contributed by atoms with Crippen LogP contribution in [0.1, 0.15) is 49.1 Å². The molecule has 0 radical (unpaired) electrons. The minimum atomic E-state index is -0.0293. The molecule has 14 heavy (non-hydrogen) atoms. The summed E-state index contributed by atoms with van der Waals surface area (Å²) in [5.74, 6) is 0.778. The molecule has 1 atom stereocenters. The van der Waals surface area contributed by atoms with Crippen LogP contribution in [0.15, 0.2) is 0 Å². The first-order valence-corrected chi connectivity index (χ1v) is 5.19. The summed E-state index contributed by atoms with van der Waals surface area (Å²) < 4.78 is 0. The molecule has 3 nitrogen and oxygen atoms in total. The summed E-state index contributed by atoms with van der Waals surface area (Å²) in [4.78, 5) is 8.88. The molecule has 0 spiro atoms. The van der Waals surface area contributed by atoms with E-state index in [4.69, 9.17) is 5.73 Å². The average Bonchev–Trinajstić information content (AvgIpc) is 2.16. The molecule has 0 aliphatic carbocycles. The van der Waals surface area contributed by atoms with Crippen LogP contribution in [0.4, 0.5) is 0 Å². The lowest BCUT2D eigenvalue weighted by molar-refractivity contribution is 0.638. The van der Waals surface area contributed by atoms with E-state index in [2.05, 4.69) is 16.9 Å². The summed E-state index contributed by atoms with van der Waals surface area (Å²) >= 11 is 0. The third-order valence-corrected chi connectivity index (χ3v) is 2.56. The summed E-state index contributed by atoms with van der Waals surface area (Å²) in [6, 6.07) is -0.0293. The van der Waals surface area contributed by atoms with Gasteiger partial charge in [0.1, 0.15) is 5.82 Å². The zero-order valence-electron chi connectivity index (χ0n) is 9.46. The summed E-state index contributed by atoms with van der Waals surface area (Å²) in [7, 11) is 0. The SMILES string of the molecule is CCc1c(C)nc(C(N)CC)nc1C. The highest BCUT2D eigenvalue weighted by Crippen LogP contribution is 2.15. The fraction of sp³-hybridized carbons (Fsp3) is 0.636. The second-order valence-corrected chi connectivity index (χ2v) is 3.60. The van der Waals surface area contributed by atoms with Gasteiger partial charge in [-0.15, -0.1) is 0 Å². The van der Waals surface area contributed by atoms with Crippen LogP contribution in [0.2, 0.25) is 0 Å². The largest absolute Gasteiger partial charge is 0.321 e. The molecule has 1 aromatic heterocycles. The first kappa shape index (κ1) is 11.1. The van der Waals surface area contributed by atoms with Gasteiger partial charge < -0.3 is 5.73 Å². The van der Waals surface area contributed by atoms with E-state index in [0.29, 0.717) is 0 Å². The highest BCUT2D eigenvalue weighted by atomic mass is 14.9. The van der Waals surface area contributed by atoms with E-state index >= 15 is 0 Å². The number of aromatic nitrogens is 2. The van der Waals surface area contributed by atoms with Gasteiger partial charge in [0.15, 0.2) is 0 Å². The van der Waals surface area contributed by atoms with Crippen LogP contribution in [-0.4, -0.2) is 9.97 Å². The topological polar surface area (TPSA) is 51.8 Å². The van der Waals surface area contributed by atoms with Crippen molar-refractivity contribution >= 4 is 0 Å². The molecular weight excluding hydrogens is 174 g/mol. The van der Waals surface area contributed by atoms with Crippen molar-refractivity contribution in [2.45, 2.75) is 46.6 Å². The van der Waals surface area contributed by atoms with Crippen LogP contribution in [0.25, 0.3) is 0 Å². The molecule has 0 aromatic carbocycles. The quantitative estimate of drug-likeness (QED) is 0.799. The first-order valence-electron chi connectivity index (χ1n) is 5.19. The van der Waals surface area contributed by atoms with Crippen molar-refractivity contribution in [1.29, 1.82) is 0 Å². The highest BCUT2D eigenvalue weighted by molar-refractivity contribution is 5.24. The van der Waals surface area contributed by atoms with Crippen LogP contribution in [-0.2, 0) is 6.42 Å². The van der Waals surface area contributed by atoms with E-state index in [1.54, 1.807) is 0 Å². The van der Waals surface area contributed by atoms with Gasteiger partial charge in [0, 0.05) is 11.4 Å². The highest BCUT2D eigenvalue weighted by Gasteiger charge is 2.11. The van der Waals surface area contributed by atoms with E-state index in [1.807, 2.05) is 20.8 Å².